The van der Waals surface area contributed by atoms with Gasteiger partial charge < -0.3 is 4.42 Å². The summed E-state index contributed by atoms with van der Waals surface area (Å²) in [4.78, 5) is 12.9. The van der Waals surface area contributed by atoms with Gasteiger partial charge in [-0.15, -0.1) is 0 Å². The van der Waals surface area contributed by atoms with Crippen molar-refractivity contribution in [3.63, 3.8) is 0 Å². The lowest BCUT2D eigenvalue weighted by Crippen LogP contribution is -1.94. The lowest BCUT2D eigenvalue weighted by atomic mass is 10.1. The van der Waals surface area contributed by atoms with E-state index in [1.54, 1.807) is 18.6 Å². The van der Waals surface area contributed by atoms with Gasteiger partial charge in [-0.2, -0.15) is 0 Å². The minimum absolute atomic E-state index is 0.578. The van der Waals surface area contributed by atoms with Crippen molar-refractivity contribution >= 4 is 22.7 Å². The predicted molar refractivity (Wildman–Crippen MR) is 93.9 cm³/mol. The zero-order valence-electron chi connectivity index (χ0n) is 12.8. The van der Waals surface area contributed by atoms with Crippen LogP contribution in [0.3, 0.4) is 0 Å². The zero-order chi connectivity index (χ0) is 16.4. The smallest absolute Gasteiger partial charge is 0.227 e. The molecule has 4 rings (SSSR count). The lowest BCUT2D eigenvalue weighted by molar-refractivity contribution is 0.614. The SMILES string of the molecule is Clc1cc(CCc2ccccn2)c2oc(-c3ccncc3)nc2c1. The normalized spacial score (nSPS) is 11.0. The number of benzene rings is 1. The molecule has 0 spiro atoms. The molecule has 4 nitrogen and oxygen atoms in total. The highest BCUT2D eigenvalue weighted by molar-refractivity contribution is 6.31. The van der Waals surface area contributed by atoms with Gasteiger partial charge in [0.15, 0.2) is 5.58 Å². The van der Waals surface area contributed by atoms with E-state index in [0.29, 0.717) is 10.9 Å². The number of hydrogen-bond donors (Lipinski definition) is 0. The number of hydrogen-bond acceptors (Lipinski definition) is 4. The Balaban J connectivity index is 1.71. The van der Waals surface area contributed by atoms with Crippen LogP contribution in [-0.2, 0) is 12.8 Å². The summed E-state index contributed by atoms with van der Waals surface area (Å²) < 4.78 is 6.01. The first kappa shape index (κ1) is 14.8. The second-order valence-electron chi connectivity index (χ2n) is 5.49. The number of rotatable bonds is 4. The summed E-state index contributed by atoms with van der Waals surface area (Å²) >= 11 is 6.25. The van der Waals surface area contributed by atoms with Gasteiger partial charge in [-0.3, -0.25) is 9.97 Å². The molecule has 4 aromatic rings. The van der Waals surface area contributed by atoms with Gasteiger partial charge >= 0.3 is 0 Å². The molecule has 0 aliphatic carbocycles. The molecule has 0 N–H and O–H groups in total. The monoisotopic (exact) mass is 335 g/mol. The molecular formula is C19H14ClN3O. The molecule has 0 aliphatic rings. The highest BCUT2D eigenvalue weighted by atomic mass is 35.5. The summed E-state index contributed by atoms with van der Waals surface area (Å²) in [7, 11) is 0. The number of fused-ring (bicyclic) bond motifs is 1. The molecule has 0 aliphatic heterocycles. The van der Waals surface area contributed by atoms with E-state index in [1.165, 1.54) is 0 Å². The first-order chi connectivity index (χ1) is 11.8. The van der Waals surface area contributed by atoms with Gasteiger partial charge in [0, 0.05) is 34.9 Å². The topological polar surface area (TPSA) is 51.8 Å². The first-order valence-corrected chi connectivity index (χ1v) is 8.07. The Morgan fingerprint density at radius 2 is 1.83 bits per heavy atom. The first-order valence-electron chi connectivity index (χ1n) is 7.69. The number of aromatic nitrogens is 3. The highest BCUT2D eigenvalue weighted by Gasteiger charge is 2.13. The minimum atomic E-state index is 0.578. The predicted octanol–water partition coefficient (Wildman–Crippen LogP) is 4.72. The maximum absolute atomic E-state index is 6.25. The third-order valence-electron chi connectivity index (χ3n) is 3.84. The van der Waals surface area contributed by atoms with E-state index in [-0.39, 0.29) is 0 Å². The average molecular weight is 336 g/mol. The van der Waals surface area contributed by atoms with Gasteiger partial charge in [-0.05, 0) is 54.8 Å². The summed E-state index contributed by atoms with van der Waals surface area (Å²) in [6, 6.07) is 13.4. The van der Waals surface area contributed by atoms with Crippen LogP contribution in [0.25, 0.3) is 22.6 Å². The van der Waals surface area contributed by atoms with Crippen molar-refractivity contribution in [1.29, 1.82) is 0 Å². The van der Waals surface area contributed by atoms with Crippen molar-refractivity contribution in [3.8, 4) is 11.5 Å². The van der Waals surface area contributed by atoms with Crippen LogP contribution in [0.4, 0.5) is 0 Å². The van der Waals surface area contributed by atoms with Crippen molar-refractivity contribution in [2.45, 2.75) is 12.8 Å². The summed E-state index contributed by atoms with van der Waals surface area (Å²) in [5.74, 6) is 0.578. The Morgan fingerprint density at radius 1 is 0.958 bits per heavy atom. The van der Waals surface area contributed by atoms with Gasteiger partial charge in [-0.25, -0.2) is 4.98 Å². The Bertz CT molecular complexity index is 968. The van der Waals surface area contributed by atoms with Crippen LogP contribution in [-0.4, -0.2) is 15.0 Å². The second-order valence-corrected chi connectivity index (χ2v) is 5.93. The van der Waals surface area contributed by atoms with Crippen molar-refractivity contribution < 1.29 is 4.42 Å². The minimum Gasteiger partial charge on any atom is -0.436 e. The number of nitrogens with zero attached hydrogens (tertiary/aromatic N) is 3. The summed E-state index contributed by atoms with van der Waals surface area (Å²) in [6.45, 7) is 0. The van der Waals surface area contributed by atoms with Crippen molar-refractivity contribution in [1.82, 2.24) is 15.0 Å². The number of halogens is 1. The fraction of sp³-hybridized carbons (Fsp3) is 0.105. The molecule has 1 aromatic carbocycles. The third kappa shape index (κ3) is 3.01. The van der Waals surface area contributed by atoms with E-state index in [4.69, 9.17) is 16.0 Å². The van der Waals surface area contributed by atoms with Crippen LogP contribution in [0.15, 0.2) is 65.5 Å². The lowest BCUT2D eigenvalue weighted by Gasteiger charge is -2.03. The van der Waals surface area contributed by atoms with Crippen molar-refractivity contribution in [2.24, 2.45) is 0 Å². The van der Waals surface area contributed by atoms with Gasteiger partial charge in [-0.1, -0.05) is 17.7 Å². The Kier molecular flexibility index (Phi) is 3.97. The average Bonchev–Trinajstić information content (AvgIpc) is 3.05. The van der Waals surface area contributed by atoms with Crippen LogP contribution >= 0.6 is 11.6 Å². The number of oxazole rings is 1. The summed E-state index contributed by atoms with van der Waals surface area (Å²) in [5.41, 5.74) is 4.52. The molecule has 24 heavy (non-hydrogen) atoms. The summed E-state index contributed by atoms with van der Waals surface area (Å²) in [6.07, 6.45) is 6.86. The van der Waals surface area contributed by atoms with E-state index >= 15 is 0 Å². The Morgan fingerprint density at radius 3 is 2.62 bits per heavy atom. The molecule has 0 unspecified atom stereocenters. The van der Waals surface area contributed by atoms with Gasteiger partial charge in [0.2, 0.25) is 5.89 Å². The van der Waals surface area contributed by atoms with E-state index in [2.05, 4.69) is 15.0 Å². The van der Waals surface area contributed by atoms with E-state index in [1.807, 2.05) is 42.5 Å². The zero-order valence-corrected chi connectivity index (χ0v) is 13.6. The third-order valence-corrected chi connectivity index (χ3v) is 4.05. The molecule has 3 heterocycles. The van der Waals surface area contributed by atoms with Crippen LogP contribution in [0, 0.1) is 0 Å². The Labute approximate surface area is 144 Å². The molecule has 3 aromatic heterocycles. The van der Waals surface area contributed by atoms with Gasteiger partial charge in [0.25, 0.3) is 0 Å². The van der Waals surface area contributed by atoms with Crippen LogP contribution < -0.4 is 0 Å². The number of pyridine rings is 2. The fourth-order valence-corrected chi connectivity index (χ4v) is 2.91. The van der Waals surface area contributed by atoms with Crippen LogP contribution in [0.2, 0.25) is 5.02 Å². The molecule has 0 fully saturated rings. The summed E-state index contributed by atoms with van der Waals surface area (Å²) in [5, 5.41) is 0.660. The van der Waals surface area contributed by atoms with Gasteiger partial charge in [0.1, 0.15) is 5.52 Å². The highest BCUT2D eigenvalue weighted by Crippen LogP contribution is 2.29. The molecule has 5 heteroatoms. The molecule has 0 saturated carbocycles. The standard InChI is InChI=1S/C19H14ClN3O/c20-15-11-14(4-5-16-3-1-2-8-22-16)18-17(12-15)23-19(24-18)13-6-9-21-10-7-13/h1-3,6-12H,4-5H2. The Hall–Kier alpha value is -2.72. The second kappa shape index (κ2) is 6.42. The molecule has 0 atom stereocenters. The van der Waals surface area contributed by atoms with Crippen molar-refractivity contribution in [3.05, 3.63) is 77.3 Å². The van der Waals surface area contributed by atoms with Crippen LogP contribution in [0.5, 0.6) is 0 Å². The molecule has 118 valence electrons. The quantitative estimate of drug-likeness (QED) is 0.541. The number of aryl methyl sites for hydroxylation is 2. The van der Waals surface area contributed by atoms with E-state index in [9.17, 15) is 0 Å². The maximum Gasteiger partial charge on any atom is 0.227 e. The van der Waals surface area contributed by atoms with Gasteiger partial charge in [0.05, 0.1) is 0 Å². The van der Waals surface area contributed by atoms with E-state index in [0.717, 1.165) is 40.8 Å². The molecular weight excluding hydrogens is 322 g/mol. The largest absolute Gasteiger partial charge is 0.436 e. The molecule has 0 amide bonds. The molecule has 0 bridgehead atoms. The fourth-order valence-electron chi connectivity index (χ4n) is 2.68. The molecule has 0 radical (unpaired) electrons. The van der Waals surface area contributed by atoms with Crippen LogP contribution in [0.1, 0.15) is 11.3 Å². The molecule has 0 saturated heterocycles. The van der Waals surface area contributed by atoms with Crippen molar-refractivity contribution in [2.75, 3.05) is 0 Å². The maximum atomic E-state index is 6.25. The van der Waals surface area contributed by atoms with E-state index < -0.39 is 0 Å².